The van der Waals surface area contributed by atoms with Crippen molar-refractivity contribution in [1.82, 2.24) is 4.90 Å². The predicted molar refractivity (Wildman–Crippen MR) is 125 cm³/mol. The van der Waals surface area contributed by atoms with Crippen LogP contribution in [0, 0.1) is 0 Å². The zero-order valence-corrected chi connectivity index (χ0v) is 19.3. The number of nitrogens with zero attached hydrogens (tertiary/aromatic N) is 1. The molecule has 3 aromatic rings. The van der Waals surface area contributed by atoms with E-state index in [9.17, 15) is 14.4 Å². The highest BCUT2D eigenvalue weighted by Gasteiger charge is 2.21. The molecule has 9 heteroatoms. The number of esters is 1. The van der Waals surface area contributed by atoms with Gasteiger partial charge in [-0.05, 0) is 53.4 Å². The number of carbonyl (C=O) groups is 3. The van der Waals surface area contributed by atoms with Gasteiger partial charge in [-0.25, -0.2) is 0 Å². The Bertz CT molecular complexity index is 1090. The van der Waals surface area contributed by atoms with Crippen LogP contribution in [0.5, 0.6) is 11.5 Å². The van der Waals surface area contributed by atoms with Crippen molar-refractivity contribution in [3.8, 4) is 11.5 Å². The molecular formula is C24H24N2O6S. The molecule has 1 N–H and O–H groups in total. The summed E-state index contributed by atoms with van der Waals surface area (Å²) in [6.45, 7) is -0.0932. The molecule has 8 nitrogen and oxygen atoms in total. The van der Waals surface area contributed by atoms with Crippen molar-refractivity contribution in [2.24, 2.45) is 0 Å². The highest BCUT2D eigenvalue weighted by atomic mass is 32.1. The molecule has 172 valence electrons. The second-order valence-corrected chi connectivity index (χ2v) is 7.91. The molecule has 0 aliphatic carbocycles. The van der Waals surface area contributed by atoms with Gasteiger partial charge in [0.1, 0.15) is 18.0 Å². The smallest absolute Gasteiger partial charge is 0.325 e. The lowest BCUT2D eigenvalue weighted by Gasteiger charge is -2.22. The van der Waals surface area contributed by atoms with E-state index in [-0.39, 0.29) is 24.9 Å². The summed E-state index contributed by atoms with van der Waals surface area (Å²) < 4.78 is 15.3. The van der Waals surface area contributed by atoms with Crippen molar-refractivity contribution in [3.63, 3.8) is 0 Å². The Morgan fingerprint density at radius 1 is 0.939 bits per heavy atom. The Balaban J connectivity index is 1.78. The van der Waals surface area contributed by atoms with Gasteiger partial charge in [-0.15, -0.1) is 11.3 Å². The van der Waals surface area contributed by atoms with Crippen molar-refractivity contribution in [2.75, 3.05) is 33.2 Å². The maximum Gasteiger partial charge on any atom is 0.325 e. The Morgan fingerprint density at radius 3 is 2.15 bits per heavy atom. The van der Waals surface area contributed by atoms with Gasteiger partial charge in [0.05, 0.1) is 26.2 Å². The van der Waals surface area contributed by atoms with Crippen LogP contribution < -0.4 is 14.8 Å². The van der Waals surface area contributed by atoms with E-state index in [0.717, 1.165) is 5.56 Å². The molecule has 0 radical (unpaired) electrons. The summed E-state index contributed by atoms with van der Waals surface area (Å²) in [6.07, 6.45) is 0. The molecule has 0 bridgehead atoms. The highest BCUT2D eigenvalue weighted by molar-refractivity contribution is 7.12. The Morgan fingerprint density at radius 2 is 1.61 bits per heavy atom. The fraction of sp³-hybridized carbons (Fsp3) is 0.208. The molecule has 0 aliphatic rings. The maximum absolute atomic E-state index is 13.2. The molecule has 0 spiro atoms. The van der Waals surface area contributed by atoms with Crippen LogP contribution in [0.3, 0.4) is 0 Å². The summed E-state index contributed by atoms with van der Waals surface area (Å²) in [5.74, 6) is 0.0148. The number of amides is 2. The van der Waals surface area contributed by atoms with Crippen molar-refractivity contribution in [2.45, 2.75) is 6.54 Å². The number of hydrogen-bond donors (Lipinski definition) is 1. The first kappa shape index (κ1) is 23.8. The third-order valence-electron chi connectivity index (χ3n) is 4.75. The first-order valence-corrected chi connectivity index (χ1v) is 10.8. The number of ether oxygens (including phenoxy) is 3. The van der Waals surface area contributed by atoms with Crippen molar-refractivity contribution < 1.29 is 28.6 Å². The SMILES string of the molecule is COC(=O)CN(Cc1cc(OC)cc(OC)c1)C(=O)c1ccc(NC(=O)c2cccs2)cc1. The second kappa shape index (κ2) is 11.1. The number of thiophene rings is 1. The van der Waals surface area contributed by atoms with Crippen LogP contribution in [-0.4, -0.2) is 50.6 Å². The minimum Gasteiger partial charge on any atom is -0.497 e. The molecule has 0 atom stereocenters. The van der Waals surface area contributed by atoms with Crippen LogP contribution in [0.4, 0.5) is 5.69 Å². The van der Waals surface area contributed by atoms with Gasteiger partial charge in [0.2, 0.25) is 0 Å². The minimum atomic E-state index is -0.543. The van der Waals surface area contributed by atoms with Crippen LogP contribution in [0.2, 0.25) is 0 Å². The Labute approximate surface area is 195 Å². The van der Waals surface area contributed by atoms with Gasteiger partial charge in [-0.3, -0.25) is 14.4 Å². The fourth-order valence-corrected chi connectivity index (χ4v) is 3.70. The molecule has 0 fully saturated rings. The molecule has 2 aromatic carbocycles. The molecule has 0 unspecified atom stereocenters. The molecular weight excluding hydrogens is 444 g/mol. The predicted octanol–water partition coefficient (Wildman–Crippen LogP) is 3.83. The van der Waals surface area contributed by atoms with Crippen molar-refractivity contribution in [1.29, 1.82) is 0 Å². The van der Waals surface area contributed by atoms with Crippen LogP contribution in [0.15, 0.2) is 60.0 Å². The minimum absolute atomic E-state index is 0.137. The molecule has 0 saturated carbocycles. The van der Waals surface area contributed by atoms with Gasteiger partial charge >= 0.3 is 5.97 Å². The van der Waals surface area contributed by atoms with E-state index in [2.05, 4.69) is 5.32 Å². The average molecular weight is 469 g/mol. The van der Waals surface area contributed by atoms with Crippen LogP contribution in [0.25, 0.3) is 0 Å². The molecule has 0 saturated heterocycles. The van der Waals surface area contributed by atoms with E-state index >= 15 is 0 Å². The van der Waals surface area contributed by atoms with Gasteiger partial charge in [0.15, 0.2) is 0 Å². The molecule has 2 amide bonds. The standard InChI is InChI=1S/C24H24N2O6S/c1-30-19-11-16(12-20(13-19)31-2)14-26(15-22(27)32-3)24(29)17-6-8-18(9-7-17)25-23(28)21-5-4-10-33-21/h4-13H,14-15H2,1-3H3,(H,25,28). The third-order valence-corrected chi connectivity index (χ3v) is 5.62. The van der Waals surface area contributed by atoms with E-state index < -0.39 is 5.97 Å². The van der Waals surface area contributed by atoms with Gasteiger partial charge in [-0.2, -0.15) is 0 Å². The molecule has 1 aromatic heterocycles. The maximum atomic E-state index is 13.2. The number of anilines is 1. The lowest BCUT2D eigenvalue weighted by Crippen LogP contribution is -2.35. The van der Waals surface area contributed by atoms with Gasteiger partial charge in [-0.1, -0.05) is 6.07 Å². The lowest BCUT2D eigenvalue weighted by atomic mass is 10.1. The number of carbonyl (C=O) groups excluding carboxylic acids is 3. The van der Waals surface area contributed by atoms with Crippen molar-refractivity contribution >= 4 is 34.8 Å². The van der Waals surface area contributed by atoms with E-state index in [1.165, 1.54) is 37.6 Å². The van der Waals surface area contributed by atoms with E-state index in [1.54, 1.807) is 54.6 Å². The first-order valence-electron chi connectivity index (χ1n) is 9.96. The van der Waals surface area contributed by atoms with Gasteiger partial charge in [0, 0.05) is 23.9 Å². The average Bonchev–Trinajstić information content (AvgIpc) is 3.38. The molecule has 1 heterocycles. The second-order valence-electron chi connectivity index (χ2n) is 6.97. The van der Waals surface area contributed by atoms with E-state index in [4.69, 9.17) is 14.2 Å². The Kier molecular flexibility index (Phi) is 8.04. The van der Waals surface area contributed by atoms with E-state index in [0.29, 0.717) is 27.6 Å². The quantitative estimate of drug-likeness (QED) is 0.480. The van der Waals surface area contributed by atoms with Crippen LogP contribution >= 0.6 is 11.3 Å². The number of benzene rings is 2. The fourth-order valence-electron chi connectivity index (χ4n) is 3.08. The summed E-state index contributed by atoms with van der Waals surface area (Å²) in [4.78, 5) is 39.4. The normalized spacial score (nSPS) is 10.3. The summed E-state index contributed by atoms with van der Waals surface area (Å²) in [5, 5.41) is 4.61. The monoisotopic (exact) mass is 468 g/mol. The van der Waals surface area contributed by atoms with Gasteiger partial charge < -0.3 is 24.4 Å². The summed E-state index contributed by atoms with van der Waals surface area (Å²) in [6, 6.07) is 15.3. The Hall–Kier alpha value is -3.85. The summed E-state index contributed by atoms with van der Waals surface area (Å²) in [5.41, 5.74) is 1.65. The zero-order chi connectivity index (χ0) is 23.8. The van der Waals surface area contributed by atoms with Crippen LogP contribution in [-0.2, 0) is 16.1 Å². The first-order chi connectivity index (χ1) is 15.9. The highest BCUT2D eigenvalue weighted by Crippen LogP contribution is 2.24. The number of nitrogens with one attached hydrogen (secondary N) is 1. The number of rotatable bonds is 9. The zero-order valence-electron chi connectivity index (χ0n) is 18.5. The van der Waals surface area contributed by atoms with Crippen LogP contribution in [0.1, 0.15) is 25.6 Å². The molecule has 0 aliphatic heterocycles. The van der Waals surface area contributed by atoms with E-state index in [1.807, 2.05) is 5.38 Å². The largest absolute Gasteiger partial charge is 0.497 e. The number of methoxy groups -OCH3 is 3. The third kappa shape index (κ3) is 6.33. The number of hydrogen-bond acceptors (Lipinski definition) is 7. The molecule has 3 rings (SSSR count). The summed E-state index contributed by atoms with van der Waals surface area (Å²) in [7, 11) is 4.34. The van der Waals surface area contributed by atoms with Crippen molar-refractivity contribution in [3.05, 3.63) is 76.0 Å². The summed E-state index contributed by atoms with van der Waals surface area (Å²) >= 11 is 1.34. The topological polar surface area (TPSA) is 94.2 Å². The lowest BCUT2D eigenvalue weighted by molar-refractivity contribution is -0.141. The molecule has 33 heavy (non-hydrogen) atoms. The van der Waals surface area contributed by atoms with Gasteiger partial charge in [0.25, 0.3) is 11.8 Å².